The van der Waals surface area contributed by atoms with Gasteiger partial charge < -0.3 is 15.8 Å². The summed E-state index contributed by atoms with van der Waals surface area (Å²) in [7, 11) is -3.35. The number of aromatic nitrogens is 1. The topological polar surface area (TPSA) is 94.3 Å². The van der Waals surface area contributed by atoms with Gasteiger partial charge in [0.05, 0.1) is 11.9 Å². The van der Waals surface area contributed by atoms with Gasteiger partial charge in [0.25, 0.3) is 0 Å². The third-order valence-corrected chi connectivity index (χ3v) is 6.41. The molecular weight excluding hydrogens is 310 g/mol. The Bertz CT molecular complexity index is 551. The number of hydrogen-bond acceptors (Lipinski definition) is 7. The summed E-state index contributed by atoms with van der Waals surface area (Å²) in [6.45, 7) is 3.33. The molecule has 1 aliphatic heterocycles. The highest BCUT2D eigenvalue weighted by molar-refractivity contribution is 7.91. The van der Waals surface area contributed by atoms with Crippen LogP contribution in [0.5, 0.6) is 0 Å². The summed E-state index contributed by atoms with van der Waals surface area (Å²) < 4.78 is 34.1. The molecule has 0 aromatic carbocycles. The van der Waals surface area contributed by atoms with Crippen LogP contribution in [0.2, 0.25) is 0 Å². The summed E-state index contributed by atoms with van der Waals surface area (Å²) in [5.74, 6) is 0.195. The van der Waals surface area contributed by atoms with Gasteiger partial charge in [-0.3, -0.25) is 0 Å². The Hall–Kier alpha value is -0.860. The second kappa shape index (κ2) is 7.42. The van der Waals surface area contributed by atoms with Crippen LogP contribution in [0.25, 0.3) is 0 Å². The van der Waals surface area contributed by atoms with Crippen LogP contribution < -0.4 is 11.1 Å². The molecule has 120 valence electrons. The molecule has 1 aliphatic rings. The van der Waals surface area contributed by atoms with Crippen molar-refractivity contribution in [1.29, 1.82) is 0 Å². The summed E-state index contributed by atoms with van der Waals surface area (Å²) in [4.78, 5) is 0.166. The molecule has 1 atom stereocenters. The minimum Gasteiger partial charge on any atom is -0.382 e. The predicted octanol–water partition coefficient (Wildman–Crippen LogP) is 2.28. The van der Waals surface area contributed by atoms with Crippen LogP contribution in [-0.4, -0.2) is 37.8 Å². The Morgan fingerprint density at radius 2 is 2.29 bits per heavy atom. The minimum absolute atomic E-state index is 0.0933. The minimum atomic E-state index is -3.35. The summed E-state index contributed by atoms with van der Waals surface area (Å²) >= 11 is 1.11. The van der Waals surface area contributed by atoms with E-state index < -0.39 is 9.84 Å². The molecule has 2 rings (SSSR count). The maximum absolute atomic E-state index is 12.2. The summed E-state index contributed by atoms with van der Waals surface area (Å²) in [6, 6.07) is 0. The fourth-order valence-corrected chi connectivity index (χ4v) is 5.11. The fraction of sp³-hybridized carbons (Fsp3) is 0.769. The highest BCUT2D eigenvalue weighted by atomic mass is 32.2. The van der Waals surface area contributed by atoms with E-state index in [9.17, 15) is 8.42 Å². The fourth-order valence-electron chi connectivity index (χ4n) is 2.46. The van der Waals surface area contributed by atoms with Gasteiger partial charge in [0, 0.05) is 13.2 Å². The molecule has 0 bridgehead atoms. The molecule has 1 fully saturated rings. The molecule has 0 saturated carbocycles. The molecule has 0 aliphatic carbocycles. The standard InChI is InChI=1S/C13H23N3O3S2/c1-2-9-21(17,18)11-12(14)16-20-13(11)15-7-6-10-5-3-4-8-19-10/h10,15H,2-9H2,1H3,(H2,14,16). The molecule has 0 radical (unpaired) electrons. The first kappa shape index (κ1) is 16.5. The number of ether oxygens (including phenoxy) is 1. The zero-order valence-electron chi connectivity index (χ0n) is 12.3. The van der Waals surface area contributed by atoms with Crippen LogP contribution in [0.15, 0.2) is 4.90 Å². The summed E-state index contributed by atoms with van der Waals surface area (Å²) in [5.41, 5.74) is 5.73. The lowest BCUT2D eigenvalue weighted by molar-refractivity contribution is 0.0134. The van der Waals surface area contributed by atoms with Gasteiger partial charge in [0.1, 0.15) is 9.90 Å². The number of sulfone groups is 1. The van der Waals surface area contributed by atoms with E-state index in [1.165, 1.54) is 6.42 Å². The first-order chi connectivity index (χ1) is 10.0. The second-order valence-corrected chi connectivity index (χ2v) is 8.07. The molecule has 1 aromatic rings. The van der Waals surface area contributed by atoms with Gasteiger partial charge >= 0.3 is 0 Å². The molecule has 2 heterocycles. The van der Waals surface area contributed by atoms with E-state index in [0.717, 1.165) is 37.4 Å². The molecule has 0 amide bonds. The van der Waals surface area contributed by atoms with Crippen LogP contribution >= 0.6 is 11.5 Å². The third kappa shape index (κ3) is 4.31. The molecule has 21 heavy (non-hydrogen) atoms. The lowest BCUT2D eigenvalue weighted by Gasteiger charge is -2.22. The normalized spacial score (nSPS) is 19.6. The average Bonchev–Trinajstić information content (AvgIpc) is 2.82. The molecule has 8 heteroatoms. The van der Waals surface area contributed by atoms with Crippen molar-refractivity contribution in [1.82, 2.24) is 4.37 Å². The first-order valence-corrected chi connectivity index (χ1v) is 9.80. The SMILES string of the molecule is CCCS(=O)(=O)c1c(N)nsc1NCCC1CCCCO1. The van der Waals surface area contributed by atoms with Crippen molar-refractivity contribution < 1.29 is 13.2 Å². The lowest BCUT2D eigenvalue weighted by Crippen LogP contribution is -2.22. The van der Waals surface area contributed by atoms with Crippen molar-refractivity contribution in [2.45, 2.75) is 50.0 Å². The van der Waals surface area contributed by atoms with Gasteiger partial charge in [-0.1, -0.05) is 6.92 Å². The highest BCUT2D eigenvalue weighted by Crippen LogP contribution is 2.32. The smallest absolute Gasteiger partial charge is 0.185 e. The highest BCUT2D eigenvalue weighted by Gasteiger charge is 2.24. The Labute approximate surface area is 130 Å². The molecule has 3 N–H and O–H groups in total. The van der Waals surface area contributed by atoms with E-state index in [1.807, 2.05) is 6.92 Å². The quantitative estimate of drug-likeness (QED) is 0.795. The summed E-state index contributed by atoms with van der Waals surface area (Å²) in [6.07, 6.45) is 5.11. The van der Waals surface area contributed by atoms with E-state index in [-0.39, 0.29) is 22.6 Å². The Kier molecular flexibility index (Phi) is 5.83. The van der Waals surface area contributed by atoms with Crippen molar-refractivity contribution in [2.24, 2.45) is 0 Å². The van der Waals surface area contributed by atoms with E-state index >= 15 is 0 Å². The Morgan fingerprint density at radius 3 is 2.95 bits per heavy atom. The van der Waals surface area contributed by atoms with Crippen LogP contribution in [0.4, 0.5) is 10.8 Å². The van der Waals surface area contributed by atoms with E-state index in [4.69, 9.17) is 10.5 Å². The van der Waals surface area contributed by atoms with Gasteiger partial charge in [-0.25, -0.2) is 8.42 Å². The number of nitrogens with one attached hydrogen (secondary N) is 1. The van der Waals surface area contributed by atoms with Crippen molar-refractivity contribution in [3.63, 3.8) is 0 Å². The maximum atomic E-state index is 12.2. The molecular formula is C13H23N3O3S2. The van der Waals surface area contributed by atoms with Gasteiger partial charge in [-0.05, 0) is 43.6 Å². The Morgan fingerprint density at radius 1 is 1.48 bits per heavy atom. The molecule has 1 saturated heterocycles. The zero-order valence-corrected chi connectivity index (χ0v) is 13.9. The predicted molar refractivity (Wildman–Crippen MR) is 85.6 cm³/mol. The van der Waals surface area contributed by atoms with Crippen molar-refractivity contribution in [3.05, 3.63) is 0 Å². The Balaban J connectivity index is 1.97. The average molecular weight is 333 g/mol. The number of nitrogens with two attached hydrogens (primary N) is 1. The third-order valence-electron chi connectivity index (χ3n) is 3.48. The number of anilines is 2. The van der Waals surface area contributed by atoms with Crippen molar-refractivity contribution >= 4 is 32.2 Å². The molecule has 1 aromatic heterocycles. The van der Waals surface area contributed by atoms with Crippen LogP contribution in [0.1, 0.15) is 39.0 Å². The maximum Gasteiger partial charge on any atom is 0.185 e. The number of rotatable bonds is 7. The van der Waals surface area contributed by atoms with E-state index in [2.05, 4.69) is 9.69 Å². The summed E-state index contributed by atoms with van der Waals surface area (Å²) in [5, 5.41) is 3.72. The van der Waals surface area contributed by atoms with Crippen LogP contribution in [0.3, 0.4) is 0 Å². The van der Waals surface area contributed by atoms with Crippen molar-refractivity contribution in [3.8, 4) is 0 Å². The number of hydrogen-bond donors (Lipinski definition) is 2. The van der Waals surface area contributed by atoms with Crippen LogP contribution in [-0.2, 0) is 14.6 Å². The molecule has 6 nitrogen and oxygen atoms in total. The van der Waals surface area contributed by atoms with E-state index in [1.54, 1.807) is 0 Å². The van der Waals surface area contributed by atoms with Gasteiger partial charge in [0.2, 0.25) is 0 Å². The van der Waals surface area contributed by atoms with Gasteiger partial charge in [0.15, 0.2) is 15.7 Å². The molecule has 1 unspecified atom stereocenters. The van der Waals surface area contributed by atoms with E-state index in [0.29, 0.717) is 18.0 Å². The number of nitrogen functional groups attached to an aromatic ring is 1. The second-order valence-electron chi connectivity index (χ2n) is 5.25. The number of nitrogens with zero attached hydrogens (tertiary/aromatic N) is 1. The molecule has 0 spiro atoms. The van der Waals surface area contributed by atoms with Crippen LogP contribution in [0, 0.1) is 0 Å². The monoisotopic (exact) mass is 333 g/mol. The zero-order chi connectivity index (χ0) is 15.3. The van der Waals surface area contributed by atoms with Crippen molar-refractivity contribution in [2.75, 3.05) is 30.0 Å². The first-order valence-electron chi connectivity index (χ1n) is 7.38. The van der Waals surface area contributed by atoms with Gasteiger partial charge in [-0.15, -0.1) is 0 Å². The lowest BCUT2D eigenvalue weighted by atomic mass is 10.1. The van der Waals surface area contributed by atoms with Gasteiger partial charge in [-0.2, -0.15) is 4.37 Å². The largest absolute Gasteiger partial charge is 0.382 e.